The van der Waals surface area contributed by atoms with Gasteiger partial charge in [-0.05, 0) is 53.2 Å². The minimum atomic E-state index is -0.394. The Morgan fingerprint density at radius 2 is 1.32 bits per heavy atom. The highest BCUT2D eigenvalue weighted by atomic mass is 35.5. The molecule has 4 aromatic carbocycles. The van der Waals surface area contributed by atoms with E-state index in [9.17, 15) is 9.59 Å². The van der Waals surface area contributed by atoms with Gasteiger partial charge in [0.2, 0.25) is 0 Å². The van der Waals surface area contributed by atoms with Crippen molar-refractivity contribution in [1.29, 1.82) is 0 Å². The van der Waals surface area contributed by atoms with Gasteiger partial charge >= 0.3 is 0 Å². The molecule has 8 heteroatoms. The molecule has 0 aliphatic carbocycles. The van der Waals surface area contributed by atoms with Gasteiger partial charge in [-0.25, -0.2) is 0 Å². The Balaban J connectivity index is 1.61. The molecule has 0 fully saturated rings. The first-order valence-corrected chi connectivity index (χ1v) is 11.0. The van der Waals surface area contributed by atoms with Gasteiger partial charge in [-0.1, -0.05) is 47.5 Å². The van der Waals surface area contributed by atoms with Crippen molar-refractivity contribution < 1.29 is 19.1 Å². The monoisotopic (exact) mass is 494 g/mol. The van der Waals surface area contributed by atoms with Gasteiger partial charge in [0, 0.05) is 16.7 Å². The number of carbonyl (C=O) groups excluding carboxylic acids is 2. The van der Waals surface area contributed by atoms with Crippen molar-refractivity contribution >= 4 is 57.2 Å². The maximum absolute atomic E-state index is 13.1. The molecule has 0 bridgehead atoms. The molecule has 0 unspecified atom stereocenters. The lowest BCUT2D eigenvalue weighted by atomic mass is 10.1. The van der Waals surface area contributed by atoms with Gasteiger partial charge in [-0.3, -0.25) is 9.59 Å². The van der Waals surface area contributed by atoms with E-state index in [1.54, 1.807) is 36.4 Å². The summed E-state index contributed by atoms with van der Waals surface area (Å²) in [6, 6.07) is 20.8. The smallest absolute Gasteiger partial charge is 0.259 e. The zero-order valence-electron chi connectivity index (χ0n) is 18.3. The number of nitrogens with one attached hydrogen (secondary N) is 2. The van der Waals surface area contributed by atoms with Crippen molar-refractivity contribution in [3.8, 4) is 11.5 Å². The first kappa shape index (κ1) is 23.4. The fourth-order valence-electron chi connectivity index (χ4n) is 3.47. The van der Waals surface area contributed by atoms with Crippen molar-refractivity contribution in [2.45, 2.75) is 0 Å². The summed E-state index contributed by atoms with van der Waals surface area (Å²) < 4.78 is 10.9. The number of anilines is 2. The molecule has 0 aromatic heterocycles. The molecule has 0 heterocycles. The van der Waals surface area contributed by atoms with Gasteiger partial charge in [0.05, 0.1) is 36.2 Å². The van der Waals surface area contributed by atoms with Crippen LogP contribution in [0.5, 0.6) is 11.5 Å². The van der Waals surface area contributed by atoms with E-state index in [4.69, 9.17) is 32.7 Å². The van der Waals surface area contributed by atoms with Gasteiger partial charge in [-0.2, -0.15) is 0 Å². The number of ether oxygens (including phenoxy) is 2. The van der Waals surface area contributed by atoms with E-state index in [-0.39, 0.29) is 10.9 Å². The van der Waals surface area contributed by atoms with Gasteiger partial charge in [-0.15, -0.1) is 0 Å². The van der Waals surface area contributed by atoms with E-state index in [0.29, 0.717) is 39.0 Å². The van der Waals surface area contributed by atoms with Gasteiger partial charge < -0.3 is 20.1 Å². The van der Waals surface area contributed by atoms with Crippen LogP contribution in [0, 0.1) is 0 Å². The topological polar surface area (TPSA) is 76.7 Å². The predicted octanol–water partition coefficient (Wildman–Crippen LogP) is 6.67. The standard InChI is InChI=1S/C26H20Cl2N2O4/c1-33-23-12-17-6-4-3-5-16(17)11-19(23)26(32)30-22-13-20(28)21(14-24(22)34-2)29-25(31)15-7-9-18(27)10-8-15/h3-14H,1-2H3,(H,29,31)(H,30,32). The summed E-state index contributed by atoms with van der Waals surface area (Å²) in [7, 11) is 2.97. The molecule has 0 aliphatic heterocycles. The van der Waals surface area contributed by atoms with Crippen molar-refractivity contribution in [2.75, 3.05) is 24.9 Å². The van der Waals surface area contributed by atoms with Crippen molar-refractivity contribution in [1.82, 2.24) is 0 Å². The fourth-order valence-corrected chi connectivity index (χ4v) is 3.80. The molecule has 0 radical (unpaired) electrons. The number of halogens is 2. The number of fused-ring (bicyclic) bond motifs is 1. The molecule has 172 valence electrons. The molecular weight excluding hydrogens is 475 g/mol. The average Bonchev–Trinajstić information content (AvgIpc) is 2.85. The summed E-state index contributed by atoms with van der Waals surface area (Å²) in [5, 5.41) is 8.18. The number of hydrogen-bond donors (Lipinski definition) is 2. The Bertz CT molecular complexity index is 1390. The van der Waals surface area contributed by atoms with E-state index in [0.717, 1.165) is 10.8 Å². The Hall–Kier alpha value is -3.74. The lowest BCUT2D eigenvalue weighted by Crippen LogP contribution is -2.15. The highest BCUT2D eigenvalue weighted by Gasteiger charge is 2.18. The van der Waals surface area contributed by atoms with Crippen LogP contribution in [0.2, 0.25) is 10.0 Å². The molecule has 0 atom stereocenters. The molecule has 6 nitrogen and oxygen atoms in total. The largest absolute Gasteiger partial charge is 0.496 e. The summed E-state index contributed by atoms with van der Waals surface area (Å²) in [5.41, 5.74) is 1.46. The van der Waals surface area contributed by atoms with Gasteiger partial charge in [0.25, 0.3) is 11.8 Å². The Kier molecular flexibility index (Phi) is 6.91. The third kappa shape index (κ3) is 4.93. The molecule has 0 spiro atoms. The lowest BCUT2D eigenvalue weighted by molar-refractivity contribution is 0.101. The number of amides is 2. The molecule has 4 rings (SSSR count). The highest BCUT2D eigenvalue weighted by Crippen LogP contribution is 2.36. The third-order valence-corrected chi connectivity index (χ3v) is 5.77. The molecule has 2 amide bonds. The second-order valence-corrected chi connectivity index (χ2v) is 8.19. The molecule has 2 N–H and O–H groups in total. The molecule has 4 aromatic rings. The van der Waals surface area contributed by atoms with Crippen LogP contribution < -0.4 is 20.1 Å². The zero-order valence-corrected chi connectivity index (χ0v) is 19.8. The summed E-state index contributed by atoms with van der Waals surface area (Å²) in [6.45, 7) is 0. The Morgan fingerprint density at radius 3 is 1.97 bits per heavy atom. The van der Waals surface area contributed by atoms with Gasteiger partial charge in [0.15, 0.2) is 0 Å². The maximum Gasteiger partial charge on any atom is 0.259 e. The van der Waals surface area contributed by atoms with Crippen molar-refractivity contribution in [2.24, 2.45) is 0 Å². The van der Waals surface area contributed by atoms with Crippen LogP contribution in [0.1, 0.15) is 20.7 Å². The van der Waals surface area contributed by atoms with E-state index in [2.05, 4.69) is 10.6 Å². The molecule has 0 aliphatic rings. The number of hydrogen-bond acceptors (Lipinski definition) is 4. The predicted molar refractivity (Wildman–Crippen MR) is 136 cm³/mol. The van der Waals surface area contributed by atoms with Crippen molar-refractivity contribution in [3.63, 3.8) is 0 Å². The minimum absolute atomic E-state index is 0.226. The normalized spacial score (nSPS) is 10.6. The SMILES string of the molecule is COc1cc(NC(=O)c2ccc(Cl)cc2)c(Cl)cc1NC(=O)c1cc2ccccc2cc1OC. The molecule has 0 saturated heterocycles. The first-order valence-electron chi connectivity index (χ1n) is 10.2. The van der Waals surface area contributed by atoms with Crippen LogP contribution in [-0.2, 0) is 0 Å². The molecule has 34 heavy (non-hydrogen) atoms. The van der Waals surface area contributed by atoms with Crippen LogP contribution in [0.3, 0.4) is 0 Å². The number of methoxy groups -OCH3 is 2. The molecule has 0 saturated carbocycles. The van der Waals surface area contributed by atoms with Crippen molar-refractivity contribution in [3.05, 3.63) is 94.0 Å². The number of benzene rings is 4. The van der Waals surface area contributed by atoms with E-state index < -0.39 is 5.91 Å². The average molecular weight is 495 g/mol. The second kappa shape index (κ2) is 10.0. The third-order valence-electron chi connectivity index (χ3n) is 5.20. The minimum Gasteiger partial charge on any atom is -0.496 e. The van der Waals surface area contributed by atoms with Gasteiger partial charge in [0.1, 0.15) is 11.5 Å². The Labute approximate surface area is 206 Å². The fraction of sp³-hybridized carbons (Fsp3) is 0.0769. The number of carbonyl (C=O) groups is 2. The summed E-state index contributed by atoms with van der Waals surface area (Å²) in [6.07, 6.45) is 0. The van der Waals surface area contributed by atoms with Crippen LogP contribution in [0.15, 0.2) is 72.8 Å². The zero-order chi connectivity index (χ0) is 24.2. The highest BCUT2D eigenvalue weighted by molar-refractivity contribution is 6.34. The second-order valence-electron chi connectivity index (χ2n) is 7.35. The van der Waals surface area contributed by atoms with E-state index in [1.807, 2.05) is 30.3 Å². The Morgan fingerprint density at radius 1 is 0.706 bits per heavy atom. The summed E-state index contributed by atoms with van der Waals surface area (Å²) in [4.78, 5) is 25.7. The summed E-state index contributed by atoms with van der Waals surface area (Å²) >= 11 is 12.3. The quantitative estimate of drug-likeness (QED) is 0.313. The van der Waals surface area contributed by atoms with Crippen LogP contribution in [0.25, 0.3) is 10.8 Å². The number of rotatable bonds is 6. The lowest BCUT2D eigenvalue weighted by Gasteiger charge is -2.16. The summed E-state index contributed by atoms with van der Waals surface area (Å²) in [5.74, 6) is 0.00486. The van der Waals surface area contributed by atoms with Crippen LogP contribution >= 0.6 is 23.2 Å². The molecular formula is C26H20Cl2N2O4. The maximum atomic E-state index is 13.1. The van der Waals surface area contributed by atoms with Crippen LogP contribution in [-0.4, -0.2) is 26.0 Å². The first-order chi connectivity index (χ1) is 16.4. The van der Waals surface area contributed by atoms with E-state index >= 15 is 0 Å². The van der Waals surface area contributed by atoms with E-state index in [1.165, 1.54) is 20.3 Å². The van der Waals surface area contributed by atoms with Crippen LogP contribution in [0.4, 0.5) is 11.4 Å².